The van der Waals surface area contributed by atoms with Crippen LogP contribution in [0.4, 0.5) is 11.5 Å². The first-order valence-corrected chi connectivity index (χ1v) is 6.20. The molecule has 0 atom stereocenters. The van der Waals surface area contributed by atoms with Crippen LogP contribution in [0.15, 0.2) is 49.1 Å². The Morgan fingerprint density at radius 3 is 2.86 bits per heavy atom. The lowest BCUT2D eigenvalue weighted by atomic mass is 10.2. The van der Waals surface area contributed by atoms with Gasteiger partial charge in [0, 0.05) is 30.2 Å². The number of H-pyrrole nitrogens is 1. The lowest BCUT2D eigenvalue weighted by Crippen LogP contribution is -2.11. The molecule has 0 bridgehead atoms. The zero-order valence-corrected chi connectivity index (χ0v) is 10.9. The summed E-state index contributed by atoms with van der Waals surface area (Å²) in [7, 11) is 0. The van der Waals surface area contributed by atoms with E-state index in [4.69, 9.17) is 5.73 Å². The number of hydrogen-bond acceptors (Lipinski definition) is 5. The number of carbonyl (C=O) groups excluding carboxylic acids is 1. The maximum atomic E-state index is 11.1. The molecule has 3 aromatic heterocycles. The molecule has 0 aliphatic heterocycles. The molecule has 0 saturated heterocycles. The van der Waals surface area contributed by atoms with Crippen molar-refractivity contribution in [3.8, 4) is 11.3 Å². The average Bonchev–Trinajstić information content (AvgIpc) is 2.97. The Bertz CT molecular complexity index is 768. The van der Waals surface area contributed by atoms with Crippen LogP contribution in [0.3, 0.4) is 0 Å². The van der Waals surface area contributed by atoms with Crippen molar-refractivity contribution in [2.24, 2.45) is 5.73 Å². The Balaban J connectivity index is 1.82. The third-order valence-corrected chi connectivity index (χ3v) is 2.85. The van der Waals surface area contributed by atoms with Crippen molar-refractivity contribution >= 4 is 17.4 Å². The number of primary amides is 1. The zero-order chi connectivity index (χ0) is 14.7. The maximum absolute atomic E-state index is 11.1. The van der Waals surface area contributed by atoms with Crippen LogP contribution in [-0.4, -0.2) is 26.1 Å². The standard InChI is InChI=1S/C14H12N6O/c15-14(21)10-4-11(8-17-7-10)18-13-5-12(19-20-13)9-2-1-3-16-6-9/h1-8H,(H2,15,21)(H2,18,19,20). The van der Waals surface area contributed by atoms with Crippen molar-refractivity contribution in [2.45, 2.75) is 0 Å². The molecule has 0 aromatic carbocycles. The molecule has 104 valence electrons. The van der Waals surface area contributed by atoms with E-state index in [9.17, 15) is 4.79 Å². The van der Waals surface area contributed by atoms with E-state index >= 15 is 0 Å². The Labute approximate surface area is 120 Å². The van der Waals surface area contributed by atoms with Crippen molar-refractivity contribution in [1.82, 2.24) is 20.2 Å². The van der Waals surface area contributed by atoms with Crippen LogP contribution in [0.2, 0.25) is 0 Å². The molecule has 0 fully saturated rings. The number of aromatic nitrogens is 4. The number of aromatic amines is 1. The average molecular weight is 280 g/mol. The van der Waals surface area contributed by atoms with Crippen LogP contribution in [-0.2, 0) is 0 Å². The van der Waals surface area contributed by atoms with Gasteiger partial charge < -0.3 is 11.1 Å². The quantitative estimate of drug-likeness (QED) is 0.674. The van der Waals surface area contributed by atoms with E-state index in [1.165, 1.54) is 6.20 Å². The molecule has 3 rings (SSSR count). The number of carbonyl (C=O) groups is 1. The van der Waals surface area contributed by atoms with Gasteiger partial charge >= 0.3 is 0 Å². The van der Waals surface area contributed by atoms with Gasteiger partial charge in [0.25, 0.3) is 0 Å². The summed E-state index contributed by atoms with van der Waals surface area (Å²) in [6.45, 7) is 0. The fourth-order valence-electron chi connectivity index (χ4n) is 1.85. The number of amides is 1. The van der Waals surface area contributed by atoms with Gasteiger partial charge in [-0.05, 0) is 18.2 Å². The molecule has 7 heteroatoms. The first-order chi connectivity index (χ1) is 10.2. The molecule has 3 aromatic rings. The van der Waals surface area contributed by atoms with E-state index in [0.717, 1.165) is 11.3 Å². The molecule has 7 nitrogen and oxygen atoms in total. The van der Waals surface area contributed by atoms with E-state index in [0.29, 0.717) is 17.1 Å². The molecule has 1 amide bonds. The summed E-state index contributed by atoms with van der Waals surface area (Å²) in [6, 6.07) is 7.24. The zero-order valence-electron chi connectivity index (χ0n) is 10.9. The van der Waals surface area contributed by atoms with Gasteiger partial charge in [-0.3, -0.25) is 19.9 Å². The number of nitrogens with zero attached hydrogens (tertiary/aromatic N) is 3. The number of rotatable bonds is 4. The molecule has 4 N–H and O–H groups in total. The summed E-state index contributed by atoms with van der Waals surface area (Å²) in [4.78, 5) is 19.1. The summed E-state index contributed by atoms with van der Waals surface area (Å²) in [5.74, 6) is 0.0847. The highest BCUT2D eigenvalue weighted by atomic mass is 16.1. The number of nitrogens with two attached hydrogens (primary N) is 1. The smallest absolute Gasteiger partial charge is 0.250 e. The predicted molar refractivity (Wildman–Crippen MR) is 77.9 cm³/mol. The lowest BCUT2D eigenvalue weighted by Gasteiger charge is -2.02. The molecule has 21 heavy (non-hydrogen) atoms. The molecule has 0 unspecified atom stereocenters. The Hall–Kier alpha value is -3.22. The highest BCUT2D eigenvalue weighted by Crippen LogP contribution is 2.21. The fraction of sp³-hybridized carbons (Fsp3) is 0. The Morgan fingerprint density at radius 2 is 2.10 bits per heavy atom. The maximum Gasteiger partial charge on any atom is 0.250 e. The van der Waals surface area contributed by atoms with Gasteiger partial charge in [0.1, 0.15) is 0 Å². The number of anilines is 2. The van der Waals surface area contributed by atoms with Crippen LogP contribution in [0.1, 0.15) is 10.4 Å². The largest absolute Gasteiger partial charge is 0.366 e. The van der Waals surface area contributed by atoms with Gasteiger partial charge in [0.05, 0.1) is 23.1 Å². The number of nitrogens with one attached hydrogen (secondary N) is 2. The van der Waals surface area contributed by atoms with E-state index in [2.05, 4.69) is 25.5 Å². The molecule has 3 heterocycles. The van der Waals surface area contributed by atoms with E-state index < -0.39 is 5.91 Å². The van der Waals surface area contributed by atoms with E-state index in [-0.39, 0.29) is 0 Å². The van der Waals surface area contributed by atoms with Gasteiger partial charge in [0.2, 0.25) is 5.91 Å². The molecule has 0 spiro atoms. The van der Waals surface area contributed by atoms with Crippen LogP contribution < -0.4 is 11.1 Å². The highest BCUT2D eigenvalue weighted by Gasteiger charge is 2.06. The van der Waals surface area contributed by atoms with Gasteiger partial charge in [-0.1, -0.05) is 0 Å². The van der Waals surface area contributed by atoms with Crippen molar-refractivity contribution in [1.29, 1.82) is 0 Å². The van der Waals surface area contributed by atoms with Crippen molar-refractivity contribution < 1.29 is 4.79 Å². The first-order valence-electron chi connectivity index (χ1n) is 6.20. The SMILES string of the molecule is NC(=O)c1cncc(Nc2cc(-c3cccnc3)[nH]n2)c1. The minimum Gasteiger partial charge on any atom is -0.366 e. The molecule has 0 aliphatic rings. The summed E-state index contributed by atoms with van der Waals surface area (Å²) in [6.07, 6.45) is 6.45. The second kappa shape index (κ2) is 5.41. The summed E-state index contributed by atoms with van der Waals surface area (Å²) >= 11 is 0. The normalized spacial score (nSPS) is 10.3. The van der Waals surface area contributed by atoms with Crippen molar-refractivity contribution in [3.05, 3.63) is 54.6 Å². The molecule has 0 aliphatic carbocycles. The minimum atomic E-state index is -0.524. The highest BCUT2D eigenvalue weighted by molar-refractivity contribution is 5.93. The first kappa shape index (κ1) is 12.8. The minimum absolute atomic E-state index is 0.336. The second-order valence-corrected chi connectivity index (χ2v) is 4.36. The van der Waals surface area contributed by atoms with E-state index in [1.54, 1.807) is 24.7 Å². The van der Waals surface area contributed by atoms with E-state index in [1.807, 2.05) is 18.2 Å². The number of hydrogen-bond donors (Lipinski definition) is 3. The second-order valence-electron chi connectivity index (χ2n) is 4.36. The molecular formula is C14H12N6O. The van der Waals surface area contributed by atoms with Gasteiger partial charge in [-0.25, -0.2) is 0 Å². The lowest BCUT2D eigenvalue weighted by molar-refractivity contribution is 0.1000. The predicted octanol–water partition coefficient (Wildman–Crippen LogP) is 1.71. The third kappa shape index (κ3) is 2.86. The van der Waals surface area contributed by atoms with Gasteiger partial charge in [-0.2, -0.15) is 5.10 Å². The van der Waals surface area contributed by atoms with Crippen LogP contribution >= 0.6 is 0 Å². The fourth-order valence-corrected chi connectivity index (χ4v) is 1.85. The molecule has 0 radical (unpaired) electrons. The Morgan fingerprint density at radius 1 is 1.19 bits per heavy atom. The van der Waals surface area contributed by atoms with Crippen LogP contribution in [0.25, 0.3) is 11.3 Å². The van der Waals surface area contributed by atoms with Crippen molar-refractivity contribution in [2.75, 3.05) is 5.32 Å². The molecular weight excluding hydrogens is 268 g/mol. The van der Waals surface area contributed by atoms with Crippen molar-refractivity contribution in [3.63, 3.8) is 0 Å². The summed E-state index contributed by atoms with van der Waals surface area (Å²) < 4.78 is 0. The van der Waals surface area contributed by atoms with Crippen LogP contribution in [0, 0.1) is 0 Å². The van der Waals surface area contributed by atoms with Crippen LogP contribution in [0.5, 0.6) is 0 Å². The number of pyridine rings is 2. The Kier molecular flexibility index (Phi) is 3.30. The topological polar surface area (TPSA) is 110 Å². The monoisotopic (exact) mass is 280 g/mol. The summed E-state index contributed by atoms with van der Waals surface area (Å²) in [5, 5.41) is 10.1. The van der Waals surface area contributed by atoms with Gasteiger partial charge in [-0.15, -0.1) is 0 Å². The molecule has 0 saturated carbocycles. The summed E-state index contributed by atoms with van der Waals surface area (Å²) in [5.41, 5.74) is 7.96. The third-order valence-electron chi connectivity index (χ3n) is 2.85. The van der Waals surface area contributed by atoms with Gasteiger partial charge in [0.15, 0.2) is 5.82 Å².